The fourth-order valence-corrected chi connectivity index (χ4v) is 5.19. The minimum Gasteiger partial charge on any atom is -0.272 e. The summed E-state index contributed by atoms with van der Waals surface area (Å²) in [6, 6.07) is 7.02. The van der Waals surface area contributed by atoms with Crippen LogP contribution in [0.4, 0.5) is 0 Å². The second-order valence-corrected chi connectivity index (χ2v) is 8.36. The molecule has 2 bridgehead atoms. The third-order valence-electron chi connectivity index (χ3n) is 5.98. The Morgan fingerprint density at radius 1 is 1.00 bits per heavy atom. The van der Waals surface area contributed by atoms with Gasteiger partial charge in [-0.1, -0.05) is 12.2 Å². The fourth-order valence-electron chi connectivity index (χ4n) is 4.83. The van der Waals surface area contributed by atoms with E-state index in [1.54, 1.807) is 12.1 Å². The van der Waals surface area contributed by atoms with Crippen LogP contribution in [0.15, 0.2) is 36.4 Å². The molecule has 0 unspecified atom stereocenters. The number of rotatable bonds is 2. The van der Waals surface area contributed by atoms with Crippen molar-refractivity contribution in [3.8, 4) is 0 Å². The minimum absolute atomic E-state index is 0.168. The number of hydrogen-bond donors (Lipinski definition) is 1. The predicted octanol–water partition coefficient (Wildman–Crippen LogP) is 1.99. The number of imide groups is 1. The van der Waals surface area contributed by atoms with Crippen molar-refractivity contribution in [1.29, 1.82) is 0 Å². The standard InChI is InChI=1S/C18H15IN2O3/c19-9-3-1-8(2-4-9)16(22)20-21-17(23)14-10-5-6-11(13-7-12(10)13)15(14)18(21)24/h1-6,10-15H,7H2,(H,20,22)/t10-,11+,12+,13-,14-,15+. The summed E-state index contributed by atoms with van der Waals surface area (Å²) >= 11 is 2.16. The molecule has 2 saturated carbocycles. The highest BCUT2D eigenvalue weighted by atomic mass is 127. The van der Waals surface area contributed by atoms with E-state index in [-0.39, 0.29) is 35.5 Å². The third-order valence-corrected chi connectivity index (χ3v) is 6.70. The summed E-state index contributed by atoms with van der Waals surface area (Å²) in [5.74, 6) is -0.0149. The normalized spacial score (nSPS) is 38.1. The van der Waals surface area contributed by atoms with Crippen LogP contribution in [0.5, 0.6) is 0 Å². The van der Waals surface area contributed by atoms with Gasteiger partial charge in [0.2, 0.25) is 0 Å². The molecule has 0 spiro atoms. The maximum Gasteiger partial charge on any atom is 0.270 e. The molecule has 1 N–H and O–H groups in total. The van der Waals surface area contributed by atoms with Gasteiger partial charge in [0.25, 0.3) is 17.7 Å². The van der Waals surface area contributed by atoms with Crippen molar-refractivity contribution < 1.29 is 14.4 Å². The van der Waals surface area contributed by atoms with Gasteiger partial charge >= 0.3 is 0 Å². The van der Waals surface area contributed by atoms with Gasteiger partial charge in [-0.2, -0.15) is 5.01 Å². The van der Waals surface area contributed by atoms with Crippen LogP contribution < -0.4 is 5.43 Å². The molecule has 1 aromatic rings. The second-order valence-electron chi connectivity index (χ2n) is 7.11. The number of hydrazine groups is 1. The molecule has 5 nitrogen and oxygen atoms in total. The van der Waals surface area contributed by atoms with Gasteiger partial charge in [-0.25, -0.2) is 0 Å². The van der Waals surface area contributed by atoms with Gasteiger partial charge in [0.1, 0.15) is 0 Å². The zero-order chi connectivity index (χ0) is 16.6. The van der Waals surface area contributed by atoms with E-state index in [0.717, 1.165) is 15.0 Å². The van der Waals surface area contributed by atoms with Gasteiger partial charge in [0.05, 0.1) is 11.8 Å². The Balaban J connectivity index is 1.40. The molecule has 3 amide bonds. The Bertz CT molecular complexity index is 767. The average molecular weight is 434 g/mol. The Kier molecular flexibility index (Phi) is 2.99. The summed E-state index contributed by atoms with van der Waals surface area (Å²) < 4.78 is 1.02. The van der Waals surface area contributed by atoms with Crippen molar-refractivity contribution in [1.82, 2.24) is 10.4 Å². The van der Waals surface area contributed by atoms with Crippen molar-refractivity contribution in [2.75, 3.05) is 0 Å². The molecular formula is C18H15IN2O3. The SMILES string of the molecule is O=C(NN1C(=O)[C@@H]2[C@@H]3C=C[C@@H]([C@H]4C[C@@H]34)[C@@H]2C1=O)c1ccc(I)cc1. The number of allylic oxidation sites excluding steroid dienone is 2. The van der Waals surface area contributed by atoms with Crippen LogP contribution in [0, 0.1) is 39.1 Å². The number of amides is 3. The topological polar surface area (TPSA) is 66.5 Å². The maximum absolute atomic E-state index is 12.8. The quantitative estimate of drug-likeness (QED) is 0.440. The van der Waals surface area contributed by atoms with Crippen LogP contribution in [-0.4, -0.2) is 22.7 Å². The monoisotopic (exact) mass is 434 g/mol. The van der Waals surface area contributed by atoms with Gasteiger partial charge in [0.15, 0.2) is 0 Å². The first-order chi connectivity index (χ1) is 11.6. The molecule has 1 saturated heterocycles. The van der Waals surface area contributed by atoms with E-state index in [4.69, 9.17) is 0 Å². The highest BCUT2D eigenvalue weighted by Crippen LogP contribution is 2.65. The summed E-state index contributed by atoms with van der Waals surface area (Å²) in [5.41, 5.74) is 2.97. The number of benzene rings is 1. The molecule has 0 aromatic heterocycles. The van der Waals surface area contributed by atoms with Crippen molar-refractivity contribution >= 4 is 40.3 Å². The van der Waals surface area contributed by atoms with E-state index < -0.39 is 5.91 Å². The number of carbonyl (C=O) groups excluding carboxylic acids is 3. The molecule has 24 heavy (non-hydrogen) atoms. The smallest absolute Gasteiger partial charge is 0.270 e. The fraction of sp³-hybridized carbons (Fsp3) is 0.389. The molecule has 6 heteroatoms. The lowest BCUT2D eigenvalue weighted by atomic mass is 9.63. The minimum atomic E-state index is -0.419. The number of nitrogens with one attached hydrogen (secondary N) is 1. The van der Waals surface area contributed by atoms with E-state index in [2.05, 4.69) is 40.2 Å². The maximum atomic E-state index is 12.8. The van der Waals surface area contributed by atoms with Crippen LogP contribution in [0.3, 0.4) is 0 Å². The molecule has 3 fully saturated rings. The molecule has 1 heterocycles. The largest absolute Gasteiger partial charge is 0.272 e. The van der Waals surface area contributed by atoms with E-state index in [9.17, 15) is 14.4 Å². The summed E-state index contributed by atoms with van der Waals surface area (Å²) in [5, 5.41) is 0.980. The highest BCUT2D eigenvalue weighted by molar-refractivity contribution is 14.1. The lowest BCUT2D eigenvalue weighted by Crippen LogP contribution is -2.46. The van der Waals surface area contributed by atoms with E-state index in [1.807, 2.05) is 12.1 Å². The zero-order valence-electron chi connectivity index (χ0n) is 12.7. The van der Waals surface area contributed by atoms with E-state index in [1.165, 1.54) is 0 Å². The highest BCUT2D eigenvalue weighted by Gasteiger charge is 2.67. The van der Waals surface area contributed by atoms with E-state index >= 15 is 0 Å². The number of halogens is 1. The van der Waals surface area contributed by atoms with Crippen molar-refractivity contribution in [3.63, 3.8) is 0 Å². The van der Waals surface area contributed by atoms with Gasteiger partial charge in [-0.05, 0) is 76.9 Å². The molecule has 5 aliphatic rings. The molecule has 1 aliphatic heterocycles. The molecule has 0 radical (unpaired) electrons. The number of nitrogens with zero attached hydrogens (tertiary/aromatic N) is 1. The number of hydrogen-bond acceptors (Lipinski definition) is 3. The molecule has 1 aromatic carbocycles. The summed E-state index contributed by atoms with van der Waals surface area (Å²) in [7, 11) is 0. The van der Waals surface area contributed by atoms with E-state index in [0.29, 0.717) is 17.4 Å². The second kappa shape index (κ2) is 4.91. The Labute approximate surface area is 152 Å². The molecular weight excluding hydrogens is 419 g/mol. The summed E-state index contributed by atoms with van der Waals surface area (Å²) in [4.78, 5) is 37.9. The molecule has 6 atom stereocenters. The summed E-state index contributed by atoms with van der Waals surface area (Å²) in [6.07, 6.45) is 5.37. The van der Waals surface area contributed by atoms with Gasteiger partial charge in [-0.3, -0.25) is 19.8 Å². The summed E-state index contributed by atoms with van der Waals surface area (Å²) in [6.45, 7) is 0. The van der Waals surface area contributed by atoms with Gasteiger partial charge in [-0.15, -0.1) is 0 Å². The average Bonchev–Trinajstić information content (AvgIpc) is 3.36. The van der Waals surface area contributed by atoms with Crippen molar-refractivity contribution in [2.24, 2.45) is 35.5 Å². The van der Waals surface area contributed by atoms with Crippen LogP contribution >= 0.6 is 22.6 Å². The first kappa shape index (κ1) is 14.6. The van der Waals surface area contributed by atoms with Gasteiger partial charge < -0.3 is 0 Å². The first-order valence-corrected chi connectivity index (χ1v) is 9.27. The first-order valence-electron chi connectivity index (χ1n) is 8.19. The molecule has 122 valence electrons. The van der Waals surface area contributed by atoms with Crippen LogP contribution in [-0.2, 0) is 9.59 Å². The zero-order valence-corrected chi connectivity index (χ0v) is 14.8. The van der Waals surface area contributed by atoms with Crippen molar-refractivity contribution in [3.05, 3.63) is 45.6 Å². The number of carbonyl (C=O) groups is 3. The molecule has 4 aliphatic carbocycles. The Hall–Kier alpha value is -1.70. The Morgan fingerprint density at radius 2 is 1.54 bits per heavy atom. The lowest BCUT2D eigenvalue weighted by Gasteiger charge is -2.37. The molecule has 6 rings (SSSR count). The van der Waals surface area contributed by atoms with Gasteiger partial charge in [0, 0.05) is 9.13 Å². The van der Waals surface area contributed by atoms with Crippen molar-refractivity contribution in [2.45, 2.75) is 6.42 Å². The predicted molar refractivity (Wildman–Crippen MR) is 93.2 cm³/mol. The van der Waals surface area contributed by atoms with Crippen LogP contribution in [0.2, 0.25) is 0 Å². The van der Waals surface area contributed by atoms with Crippen LogP contribution in [0.25, 0.3) is 0 Å². The Morgan fingerprint density at radius 3 is 2.08 bits per heavy atom. The van der Waals surface area contributed by atoms with Crippen LogP contribution in [0.1, 0.15) is 16.8 Å². The lowest BCUT2D eigenvalue weighted by molar-refractivity contribution is -0.143. The third kappa shape index (κ3) is 1.89.